The van der Waals surface area contributed by atoms with E-state index in [1.807, 2.05) is 19.1 Å². The van der Waals surface area contributed by atoms with Crippen LogP contribution in [0.5, 0.6) is 0 Å². The van der Waals surface area contributed by atoms with Crippen LogP contribution in [0.3, 0.4) is 0 Å². The Morgan fingerprint density at radius 2 is 1.95 bits per heavy atom. The minimum absolute atomic E-state index is 0.526. The van der Waals surface area contributed by atoms with Crippen molar-refractivity contribution in [3.8, 4) is 0 Å². The van der Waals surface area contributed by atoms with Gasteiger partial charge in [-0.1, -0.05) is 12.1 Å². The van der Waals surface area contributed by atoms with Crippen LogP contribution in [0.4, 0.5) is 11.4 Å². The Hall–Kier alpha value is -2.02. The number of hydrogen-bond acceptors (Lipinski definition) is 4. The van der Waals surface area contributed by atoms with Crippen molar-refractivity contribution in [3.05, 3.63) is 42.0 Å². The predicted octanol–water partition coefficient (Wildman–Crippen LogP) is 1.70. The van der Waals surface area contributed by atoms with Crippen molar-refractivity contribution in [1.29, 1.82) is 0 Å². The number of para-hydroxylation sites is 2. The summed E-state index contributed by atoms with van der Waals surface area (Å²) in [5.74, 6) is 0. The van der Waals surface area contributed by atoms with Crippen LogP contribution in [0.25, 0.3) is 0 Å². The number of nitrogens with one attached hydrogen (secondary N) is 3. The smallest absolute Gasteiger partial charge is 0.229 e. The zero-order chi connectivity index (χ0) is 13.9. The van der Waals surface area contributed by atoms with E-state index in [1.165, 1.54) is 0 Å². The van der Waals surface area contributed by atoms with E-state index in [4.69, 9.17) is 0 Å². The van der Waals surface area contributed by atoms with Gasteiger partial charge >= 0.3 is 0 Å². The first-order chi connectivity index (χ1) is 8.96. The van der Waals surface area contributed by atoms with Crippen LogP contribution in [0, 0.1) is 6.92 Å². The second-order valence-electron chi connectivity index (χ2n) is 4.25. The summed E-state index contributed by atoms with van der Waals surface area (Å²) in [5.41, 5.74) is 3.13. The summed E-state index contributed by atoms with van der Waals surface area (Å²) in [4.78, 5) is 7.17. The summed E-state index contributed by atoms with van der Waals surface area (Å²) in [6.45, 7) is 2.46. The normalized spacial score (nSPS) is 11.3. The van der Waals surface area contributed by atoms with E-state index in [9.17, 15) is 8.42 Å². The van der Waals surface area contributed by atoms with Crippen molar-refractivity contribution >= 4 is 21.4 Å². The lowest BCUT2D eigenvalue weighted by Crippen LogP contribution is -2.12. The molecule has 1 aromatic heterocycles. The molecule has 2 aromatic rings. The van der Waals surface area contributed by atoms with E-state index in [-0.39, 0.29) is 0 Å². The van der Waals surface area contributed by atoms with Gasteiger partial charge in [0.2, 0.25) is 10.0 Å². The van der Waals surface area contributed by atoms with E-state index in [2.05, 4.69) is 20.0 Å². The average Bonchev–Trinajstić information content (AvgIpc) is 2.72. The highest BCUT2D eigenvalue weighted by Crippen LogP contribution is 2.22. The third-order valence-corrected chi connectivity index (χ3v) is 3.19. The van der Waals surface area contributed by atoms with E-state index < -0.39 is 10.0 Å². The highest BCUT2D eigenvalue weighted by Gasteiger charge is 2.07. The van der Waals surface area contributed by atoms with Crippen LogP contribution < -0.4 is 10.0 Å². The van der Waals surface area contributed by atoms with Gasteiger partial charge in [-0.2, -0.15) is 0 Å². The van der Waals surface area contributed by atoms with Crippen molar-refractivity contribution in [2.24, 2.45) is 0 Å². The molecule has 7 heteroatoms. The zero-order valence-electron chi connectivity index (χ0n) is 10.8. The molecule has 0 atom stereocenters. The molecule has 0 fully saturated rings. The largest absolute Gasteiger partial charge is 0.378 e. The van der Waals surface area contributed by atoms with Gasteiger partial charge in [0.25, 0.3) is 0 Å². The molecule has 0 saturated carbocycles. The number of hydrogen-bond donors (Lipinski definition) is 3. The Labute approximate surface area is 112 Å². The molecular formula is C12H16N4O2S. The first-order valence-electron chi connectivity index (χ1n) is 5.75. The molecule has 1 heterocycles. The van der Waals surface area contributed by atoms with E-state index in [0.717, 1.165) is 23.3 Å². The average molecular weight is 280 g/mol. The molecule has 0 aliphatic heterocycles. The maximum atomic E-state index is 11.3. The molecule has 3 N–H and O–H groups in total. The van der Waals surface area contributed by atoms with Crippen molar-refractivity contribution in [2.45, 2.75) is 13.5 Å². The van der Waals surface area contributed by atoms with Gasteiger partial charge < -0.3 is 10.3 Å². The third kappa shape index (κ3) is 3.72. The fraction of sp³-hybridized carbons (Fsp3) is 0.250. The Bertz CT molecular complexity index is 664. The molecular weight excluding hydrogens is 264 g/mol. The summed E-state index contributed by atoms with van der Waals surface area (Å²) < 4.78 is 25.0. The molecule has 0 saturated heterocycles. The van der Waals surface area contributed by atoms with Crippen molar-refractivity contribution in [3.63, 3.8) is 0 Å². The second-order valence-corrected chi connectivity index (χ2v) is 6.00. The monoisotopic (exact) mass is 280 g/mol. The molecule has 0 aliphatic carbocycles. The number of rotatable bonds is 5. The Morgan fingerprint density at radius 1 is 1.26 bits per heavy atom. The lowest BCUT2D eigenvalue weighted by molar-refractivity contribution is 0.607. The van der Waals surface area contributed by atoms with Crippen LogP contribution in [0.2, 0.25) is 0 Å². The fourth-order valence-electron chi connectivity index (χ4n) is 1.67. The number of aromatic nitrogens is 2. The number of imidazole rings is 1. The molecule has 0 amide bonds. The van der Waals surface area contributed by atoms with Gasteiger partial charge in [0, 0.05) is 5.69 Å². The van der Waals surface area contributed by atoms with Crippen molar-refractivity contribution in [2.75, 3.05) is 16.3 Å². The maximum absolute atomic E-state index is 11.3. The number of nitrogens with zero attached hydrogens (tertiary/aromatic N) is 1. The van der Waals surface area contributed by atoms with Gasteiger partial charge in [-0.3, -0.25) is 4.72 Å². The Morgan fingerprint density at radius 3 is 2.53 bits per heavy atom. The summed E-state index contributed by atoms with van der Waals surface area (Å²) >= 11 is 0. The second kappa shape index (κ2) is 5.31. The number of sulfonamides is 1. The minimum Gasteiger partial charge on any atom is -0.378 e. The minimum atomic E-state index is -3.29. The summed E-state index contributed by atoms with van der Waals surface area (Å²) in [6, 6.07) is 7.14. The van der Waals surface area contributed by atoms with E-state index in [1.54, 1.807) is 18.5 Å². The molecule has 0 spiro atoms. The molecule has 0 bridgehead atoms. The Balaban J connectivity index is 2.14. The lowest BCUT2D eigenvalue weighted by Gasteiger charge is -2.12. The van der Waals surface area contributed by atoms with Crippen molar-refractivity contribution in [1.82, 2.24) is 9.97 Å². The quantitative estimate of drug-likeness (QED) is 0.778. The standard InChI is InChI=1S/C12H16N4O2S/c1-9-12(15-8-14-9)7-13-10-5-3-4-6-11(10)16-19(2,17)18/h3-6,8,13,16H,7H2,1-2H3,(H,14,15). The number of anilines is 2. The molecule has 0 aliphatic rings. The van der Waals surface area contributed by atoms with Crippen LogP contribution in [-0.4, -0.2) is 24.6 Å². The lowest BCUT2D eigenvalue weighted by atomic mass is 10.2. The number of benzene rings is 1. The van der Waals surface area contributed by atoms with Gasteiger partial charge in [0.05, 0.1) is 36.2 Å². The van der Waals surface area contributed by atoms with Crippen molar-refractivity contribution < 1.29 is 8.42 Å². The van der Waals surface area contributed by atoms with Crippen LogP contribution in [0.1, 0.15) is 11.4 Å². The van der Waals surface area contributed by atoms with Gasteiger partial charge in [-0.15, -0.1) is 0 Å². The fourth-order valence-corrected chi connectivity index (χ4v) is 2.25. The predicted molar refractivity (Wildman–Crippen MR) is 75.6 cm³/mol. The highest BCUT2D eigenvalue weighted by atomic mass is 32.2. The summed E-state index contributed by atoms with van der Waals surface area (Å²) in [7, 11) is -3.29. The van der Waals surface area contributed by atoms with Gasteiger partial charge in [-0.25, -0.2) is 13.4 Å². The van der Waals surface area contributed by atoms with Gasteiger partial charge in [-0.05, 0) is 19.1 Å². The zero-order valence-corrected chi connectivity index (χ0v) is 11.6. The van der Waals surface area contributed by atoms with Crippen LogP contribution in [0.15, 0.2) is 30.6 Å². The molecule has 0 radical (unpaired) electrons. The summed E-state index contributed by atoms with van der Waals surface area (Å²) in [6.07, 6.45) is 2.76. The van der Waals surface area contributed by atoms with E-state index >= 15 is 0 Å². The number of aryl methyl sites for hydroxylation is 1. The third-order valence-electron chi connectivity index (χ3n) is 2.60. The van der Waals surface area contributed by atoms with Crippen LogP contribution in [-0.2, 0) is 16.6 Å². The molecule has 0 unspecified atom stereocenters. The van der Waals surface area contributed by atoms with Gasteiger partial charge in [0.15, 0.2) is 0 Å². The summed E-state index contributed by atoms with van der Waals surface area (Å²) in [5, 5.41) is 3.17. The SMILES string of the molecule is Cc1[nH]cnc1CNc1ccccc1NS(C)(=O)=O. The molecule has 102 valence electrons. The molecule has 19 heavy (non-hydrogen) atoms. The molecule has 2 rings (SSSR count). The highest BCUT2D eigenvalue weighted by molar-refractivity contribution is 7.92. The topological polar surface area (TPSA) is 86.9 Å². The van der Waals surface area contributed by atoms with E-state index in [0.29, 0.717) is 12.2 Å². The van der Waals surface area contributed by atoms with Gasteiger partial charge in [0.1, 0.15) is 0 Å². The molecule has 6 nitrogen and oxygen atoms in total. The first kappa shape index (κ1) is 13.4. The first-order valence-corrected chi connectivity index (χ1v) is 7.64. The van der Waals surface area contributed by atoms with Crippen LogP contribution >= 0.6 is 0 Å². The maximum Gasteiger partial charge on any atom is 0.229 e. The number of H-pyrrole nitrogens is 1. The number of aromatic amines is 1. The Kier molecular flexibility index (Phi) is 3.75. The molecule has 1 aromatic carbocycles.